The fraction of sp³-hybridized carbons (Fsp3) is 0.421. The van der Waals surface area contributed by atoms with Crippen molar-refractivity contribution in [2.24, 2.45) is 0 Å². The molecule has 0 saturated heterocycles. The Balaban J connectivity index is 2.07. The summed E-state index contributed by atoms with van der Waals surface area (Å²) >= 11 is 5.96. The lowest BCUT2D eigenvalue weighted by molar-refractivity contribution is -0.384. The molecule has 0 aliphatic heterocycles. The highest BCUT2D eigenvalue weighted by atomic mass is 35.5. The van der Waals surface area contributed by atoms with Gasteiger partial charge < -0.3 is 9.47 Å². The molecular weight excluding hydrogens is 414 g/mol. The molecule has 0 unspecified atom stereocenters. The van der Waals surface area contributed by atoms with E-state index in [1.165, 1.54) is 17.1 Å². The first-order valence-corrected chi connectivity index (χ1v) is 9.77. The number of ether oxygens (including phenoxy) is 2. The minimum absolute atomic E-state index is 0.0363. The summed E-state index contributed by atoms with van der Waals surface area (Å²) in [6.07, 6.45) is 3.75. The van der Waals surface area contributed by atoms with E-state index in [9.17, 15) is 14.9 Å². The molecule has 10 nitrogen and oxygen atoms in total. The Morgan fingerprint density at radius 1 is 1.27 bits per heavy atom. The predicted octanol–water partition coefficient (Wildman–Crippen LogP) is 3.98. The standard InChI is InChI=1S/C19H22ClN5O5/c1-29-15-9-7-13(8-10-15)12-23(19(26)30-2)24(14-5-3-4-6-14)17-16(25(27)28)11-21-18(20)22-17/h7-11,14H,3-6,12H2,1-2H3. The van der Waals surface area contributed by atoms with Gasteiger partial charge in [-0.2, -0.15) is 4.98 Å². The number of carbonyl (C=O) groups excluding carboxylic acids is 1. The summed E-state index contributed by atoms with van der Waals surface area (Å²) in [5.41, 5.74) is 0.446. The highest BCUT2D eigenvalue weighted by Gasteiger charge is 2.37. The maximum atomic E-state index is 12.8. The Bertz CT molecular complexity index is 905. The number of rotatable bonds is 7. The second kappa shape index (κ2) is 9.57. The van der Waals surface area contributed by atoms with E-state index in [-0.39, 0.29) is 29.4 Å². The summed E-state index contributed by atoms with van der Waals surface area (Å²) < 4.78 is 10.2. The minimum Gasteiger partial charge on any atom is -0.497 e. The normalized spacial score (nSPS) is 13.7. The van der Waals surface area contributed by atoms with Gasteiger partial charge in [-0.15, -0.1) is 0 Å². The Hall–Kier alpha value is -3.14. The van der Waals surface area contributed by atoms with Crippen molar-refractivity contribution in [2.75, 3.05) is 19.2 Å². The lowest BCUT2D eigenvalue weighted by atomic mass is 10.2. The van der Waals surface area contributed by atoms with E-state index in [1.54, 1.807) is 19.2 Å². The highest BCUT2D eigenvalue weighted by Crippen LogP contribution is 2.35. The van der Waals surface area contributed by atoms with Crippen LogP contribution in [0.1, 0.15) is 31.2 Å². The number of methoxy groups -OCH3 is 2. The number of hydrogen-bond donors (Lipinski definition) is 0. The van der Waals surface area contributed by atoms with Crippen LogP contribution in [0.2, 0.25) is 5.28 Å². The van der Waals surface area contributed by atoms with Crippen molar-refractivity contribution in [1.82, 2.24) is 15.0 Å². The van der Waals surface area contributed by atoms with Gasteiger partial charge in [-0.25, -0.2) is 14.8 Å². The fourth-order valence-corrected chi connectivity index (χ4v) is 3.64. The predicted molar refractivity (Wildman–Crippen MR) is 109 cm³/mol. The third kappa shape index (κ3) is 4.70. The molecule has 0 spiro atoms. The summed E-state index contributed by atoms with van der Waals surface area (Å²) in [5, 5.41) is 14.4. The third-order valence-electron chi connectivity index (χ3n) is 4.94. The molecule has 1 amide bonds. The van der Waals surface area contributed by atoms with Gasteiger partial charge in [0.15, 0.2) is 0 Å². The van der Waals surface area contributed by atoms with Crippen LogP contribution in [0.25, 0.3) is 0 Å². The van der Waals surface area contributed by atoms with Crippen molar-refractivity contribution < 1.29 is 19.2 Å². The molecule has 0 radical (unpaired) electrons. The highest BCUT2D eigenvalue weighted by molar-refractivity contribution is 6.28. The van der Waals surface area contributed by atoms with Gasteiger partial charge in [-0.1, -0.05) is 25.0 Å². The van der Waals surface area contributed by atoms with Crippen LogP contribution in [0, 0.1) is 10.1 Å². The molecule has 1 aromatic heterocycles. The number of hydrogen-bond acceptors (Lipinski definition) is 8. The van der Waals surface area contributed by atoms with Crippen LogP contribution in [-0.4, -0.2) is 46.3 Å². The molecule has 1 aromatic carbocycles. The topological polar surface area (TPSA) is 111 Å². The molecular formula is C19H22ClN5O5. The van der Waals surface area contributed by atoms with Gasteiger partial charge in [0.2, 0.25) is 11.1 Å². The van der Waals surface area contributed by atoms with E-state index >= 15 is 0 Å². The zero-order chi connectivity index (χ0) is 21.7. The molecule has 160 valence electrons. The minimum atomic E-state index is -0.665. The molecule has 1 saturated carbocycles. The van der Waals surface area contributed by atoms with Crippen LogP contribution in [0.3, 0.4) is 0 Å². The van der Waals surface area contributed by atoms with E-state index in [1.807, 2.05) is 12.1 Å². The average Bonchev–Trinajstić information content (AvgIpc) is 3.27. The summed E-state index contributed by atoms with van der Waals surface area (Å²) in [5.74, 6) is 0.639. The van der Waals surface area contributed by atoms with Crippen molar-refractivity contribution in [3.05, 3.63) is 51.4 Å². The molecule has 1 heterocycles. The van der Waals surface area contributed by atoms with Crippen LogP contribution in [0.5, 0.6) is 5.75 Å². The first-order chi connectivity index (χ1) is 14.4. The molecule has 0 N–H and O–H groups in total. The van der Waals surface area contributed by atoms with Gasteiger partial charge in [-0.05, 0) is 42.1 Å². The van der Waals surface area contributed by atoms with Gasteiger partial charge in [0.05, 0.1) is 31.7 Å². The van der Waals surface area contributed by atoms with E-state index in [4.69, 9.17) is 21.1 Å². The van der Waals surface area contributed by atoms with Gasteiger partial charge in [0.1, 0.15) is 11.9 Å². The number of halogens is 1. The van der Waals surface area contributed by atoms with Crippen molar-refractivity contribution in [2.45, 2.75) is 38.3 Å². The number of nitrogens with zero attached hydrogens (tertiary/aromatic N) is 5. The quantitative estimate of drug-likeness (QED) is 0.364. The molecule has 1 fully saturated rings. The number of anilines is 1. The smallest absolute Gasteiger partial charge is 0.428 e. The molecule has 1 aliphatic carbocycles. The molecule has 0 atom stereocenters. The zero-order valence-corrected chi connectivity index (χ0v) is 17.4. The summed E-state index contributed by atoms with van der Waals surface area (Å²) in [6.45, 7) is 0.117. The van der Waals surface area contributed by atoms with Crippen molar-refractivity contribution in [3.63, 3.8) is 0 Å². The Morgan fingerprint density at radius 3 is 2.50 bits per heavy atom. The van der Waals surface area contributed by atoms with E-state index < -0.39 is 11.0 Å². The third-order valence-corrected chi connectivity index (χ3v) is 5.12. The summed E-state index contributed by atoms with van der Waals surface area (Å²) in [4.78, 5) is 31.7. The molecule has 1 aliphatic rings. The lowest BCUT2D eigenvalue weighted by Crippen LogP contribution is -2.51. The van der Waals surface area contributed by atoms with Crippen LogP contribution in [0.4, 0.5) is 16.3 Å². The Labute approximate surface area is 178 Å². The Kier molecular flexibility index (Phi) is 6.88. The zero-order valence-electron chi connectivity index (χ0n) is 16.7. The average molecular weight is 436 g/mol. The number of aromatic nitrogens is 2. The van der Waals surface area contributed by atoms with Crippen LogP contribution in [-0.2, 0) is 11.3 Å². The summed E-state index contributed by atoms with van der Waals surface area (Å²) in [6, 6.07) is 6.99. The Morgan fingerprint density at radius 2 is 1.93 bits per heavy atom. The van der Waals surface area contributed by atoms with Crippen LogP contribution in [0.15, 0.2) is 30.5 Å². The van der Waals surface area contributed by atoms with Crippen molar-refractivity contribution >= 4 is 29.2 Å². The van der Waals surface area contributed by atoms with Gasteiger partial charge in [0, 0.05) is 0 Å². The van der Waals surface area contributed by atoms with Crippen molar-refractivity contribution in [1.29, 1.82) is 0 Å². The number of carbonyl (C=O) groups is 1. The largest absolute Gasteiger partial charge is 0.497 e. The van der Waals surface area contributed by atoms with Gasteiger partial charge in [0.25, 0.3) is 0 Å². The first-order valence-electron chi connectivity index (χ1n) is 9.39. The SMILES string of the molecule is COC(=O)N(Cc1ccc(OC)cc1)N(c1nc(Cl)ncc1[N+](=O)[O-])C1CCCC1. The molecule has 3 rings (SSSR count). The number of hydrazine groups is 1. The molecule has 11 heteroatoms. The maximum Gasteiger partial charge on any atom is 0.428 e. The van der Waals surface area contributed by atoms with Gasteiger partial charge in [-0.3, -0.25) is 15.1 Å². The number of amides is 1. The van der Waals surface area contributed by atoms with E-state index in [0.29, 0.717) is 5.75 Å². The second-order valence-electron chi connectivity index (χ2n) is 6.76. The van der Waals surface area contributed by atoms with Crippen LogP contribution >= 0.6 is 11.6 Å². The molecule has 2 aromatic rings. The second-order valence-corrected chi connectivity index (χ2v) is 7.10. The van der Waals surface area contributed by atoms with E-state index in [2.05, 4.69) is 9.97 Å². The van der Waals surface area contributed by atoms with Crippen LogP contribution < -0.4 is 9.75 Å². The number of nitro groups is 1. The van der Waals surface area contributed by atoms with Crippen molar-refractivity contribution in [3.8, 4) is 5.75 Å². The first kappa shape index (κ1) is 21.6. The molecule has 30 heavy (non-hydrogen) atoms. The summed E-state index contributed by atoms with van der Waals surface area (Å²) in [7, 11) is 2.83. The number of benzene rings is 1. The lowest BCUT2D eigenvalue weighted by Gasteiger charge is -2.38. The molecule has 0 bridgehead atoms. The maximum absolute atomic E-state index is 12.8. The van der Waals surface area contributed by atoms with Gasteiger partial charge >= 0.3 is 11.8 Å². The van der Waals surface area contributed by atoms with E-state index in [0.717, 1.165) is 37.4 Å². The monoisotopic (exact) mass is 435 g/mol. The fourth-order valence-electron chi connectivity index (χ4n) is 3.51.